The molecule has 0 amide bonds. The molecule has 0 heterocycles. The Hall–Kier alpha value is -0.827. The molecular weight excluding hydrogens is 641 g/mol. The van der Waals surface area contributed by atoms with Crippen LogP contribution in [0.1, 0.15) is 116 Å². The maximum Gasteiger partial charge on any atom is 3.00 e. The van der Waals surface area contributed by atoms with Gasteiger partial charge in [-0.3, -0.25) is 0 Å². The van der Waals surface area contributed by atoms with Gasteiger partial charge in [0.2, 0.25) is 0 Å². The van der Waals surface area contributed by atoms with Crippen molar-refractivity contribution in [1.82, 2.24) is 0 Å². The van der Waals surface area contributed by atoms with E-state index in [1.54, 1.807) is 0 Å². The first-order chi connectivity index (χ1) is 15.8. The molecule has 34 heavy (non-hydrogen) atoms. The van der Waals surface area contributed by atoms with Crippen LogP contribution in [0.4, 0.5) is 0 Å². The number of hydrogen-bond donors (Lipinski definition) is 3. The molecule has 0 aromatic rings. The summed E-state index contributed by atoms with van der Waals surface area (Å²) < 4.78 is 0. The molecule has 0 bridgehead atoms. The fourth-order valence-corrected chi connectivity index (χ4v) is 2.73. The molecule has 0 aromatic heterocycles. The van der Waals surface area contributed by atoms with E-state index in [0.717, 1.165) is 77.0 Å². The largest absolute Gasteiger partial charge is 3.00 e. The summed E-state index contributed by atoms with van der Waals surface area (Å²) in [6.45, 7) is 0.710. The second kappa shape index (κ2) is 36.7. The molecule has 0 aliphatic heterocycles. The first-order valence-corrected chi connectivity index (χ1v) is 12.2. The quantitative estimate of drug-likeness (QED) is 0.109. The average molecular weight is 687 g/mol. The Morgan fingerprint density at radius 1 is 0.382 bits per heavy atom. The van der Waals surface area contributed by atoms with Crippen LogP contribution in [0, 0.1) is 0 Å². The van der Waals surface area contributed by atoms with Gasteiger partial charge in [0.1, 0.15) is 0 Å². The maximum atomic E-state index is 9.94. The summed E-state index contributed by atoms with van der Waals surface area (Å²) in [5, 5.41) is 55.0. The van der Waals surface area contributed by atoms with Crippen LogP contribution in [0.3, 0.4) is 0 Å². The summed E-state index contributed by atoms with van der Waals surface area (Å²) in [5.41, 5.74) is 0. The molecule has 0 aliphatic carbocycles. The minimum atomic E-state index is -0.966. The average Bonchev–Trinajstić information content (AvgIpc) is 2.76. The van der Waals surface area contributed by atoms with Gasteiger partial charge in [0.05, 0.1) is 0 Å². The number of carbonyl (C=O) groups is 3. The van der Waals surface area contributed by atoms with E-state index in [4.69, 9.17) is 15.3 Å². The first kappa shape index (κ1) is 40.3. The van der Waals surface area contributed by atoms with Crippen LogP contribution < -0.4 is 15.3 Å². The van der Waals surface area contributed by atoms with E-state index in [9.17, 15) is 29.7 Å². The Bertz CT molecular complexity index is 373. The van der Waals surface area contributed by atoms with Gasteiger partial charge in [-0.25, -0.2) is 0 Å². The molecule has 0 saturated heterocycles. The number of hydrogen-bond acceptors (Lipinski definition) is 9. The van der Waals surface area contributed by atoms with Crippen molar-refractivity contribution in [1.29, 1.82) is 0 Å². The Morgan fingerprint density at radius 3 is 0.735 bits per heavy atom. The van der Waals surface area contributed by atoms with Crippen LogP contribution in [-0.2, 0) is 14.4 Å². The Morgan fingerprint density at radius 2 is 0.559 bits per heavy atom. The normalized spacial score (nSPS) is 9.62. The number of unbranched alkanes of at least 4 members (excludes halogenated alkanes) is 12. The fraction of sp³-hybridized carbons (Fsp3) is 0.875. The molecule has 200 valence electrons. The van der Waals surface area contributed by atoms with E-state index in [1.165, 1.54) is 0 Å². The van der Waals surface area contributed by atoms with E-state index in [2.05, 4.69) is 0 Å². The number of aliphatic carboxylic acids is 3. The van der Waals surface area contributed by atoms with Crippen molar-refractivity contribution in [3.63, 3.8) is 0 Å². The van der Waals surface area contributed by atoms with Crippen LogP contribution in [0.2, 0.25) is 0 Å². The summed E-state index contributed by atoms with van der Waals surface area (Å²) >= 11 is 0. The van der Waals surface area contributed by atoms with Crippen molar-refractivity contribution in [3.8, 4) is 0 Å². The monoisotopic (exact) mass is 686 g/mol. The van der Waals surface area contributed by atoms with Gasteiger partial charge in [0.15, 0.2) is 0 Å². The van der Waals surface area contributed by atoms with Crippen molar-refractivity contribution in [2.75, 3.05) is 19.8 Å². The van der Waals surface area contributed by atoms with E-state index in [0.29, 0.717) is 19.3 Å². The van der Waals surface area contributed by atoms with Gasteiger partial charge in [0, 0.05) is 37.7 Å². The van der Waals surface area contributed by atoms with Crippen LogP contribution in [0.25, 0.3) is 0 Å². The number of carboxylic acid groups (broad SMARTS) is 3. The zero-order valence-electron chi connectivity index (χ0n) is 20.6. The Labute approximate surface area is 224 Å². The van der Waals surface area contributed by atoms with E-state index in [1.807, 2.05) is 0 Å². The van der Waals surface area contributed by atoms with Crippen molar-refractivity contribution < 1.29 is 45.0 Å². The third-order valence-electron chi connectivity index (χ3n) is 4.62. The molecule has 0 aliphatic rings. The topological polar surface area (TPSA) is 181 Å². The van der Waals surface area contributed by atoms with Crippen molar-refractivity contribution in [3.05, 3.63) is 0 Å². The van der Waals surface area contributed by atoms with Crippen LogP contribution in [-0.4, -0.2) is 79.3 Å². The predicted octanol–water partition coefficient (Wildman–Crippen LogP) is -0.173. The van der Waals surface area contributed by atoms with E-state index in [-0.39, 0.29) is 65.3 Å². The van der Waals surface area contributed by atoms with Gasteiger partial charge in [-0.2, -0.15) is 0 Å². The molecule has 10 heteroatoms. The molecular formula is C24H45BiO9. The van der Waals surface area contributed by atoms with Gasteiger partial charge in [0.25, 0.3) is 0 Å². The smallest absolute Gasteiger partial charge is 0.550 e. The summed E-state index contributed by atoms with van der Waals surface area (Å²) in [4.78, 5) is 29.8. The van der Waals surface area contributed by atoms with Crippen molar-refractivity contribution in [2.24, 2.45) is 0 Å². The molecule has 0 aromatic carbocycles. The molecule has 0 spiro atoms. The second-order valence-corrected chi connectivity index (χ2v) is 7.84. The summed E-state index contributed by atoms with van der Waals surface area (Å²) in [7, 11) is 0. The molecule has 0 unspecified atom stereocenters. The molecule has 0 rings (SSSR count). The van der Waals surface area contributed by atoms with E-state index < -0.39 is 17.9 Å². The third-order valence-corrected chi connectivity index (χ3v) is 4.62. The number of rotatable bonds is 21. The van der Waals surface area contributed by atoms with E-state index >= 15 is 0 Å². The zero-order chi connectivity index (χ0) is 25.6. The Balaban J connectivity index is -0.000000196. The van der Waals surface area contributed by atoms with Crippen LogP contribution in [0.5, 0.6) is 0 Å². The molecule has 0 atom stereocenters. The maximum absolute atomic E-state index is 9.94. The fourth-order valence-electron chi connectivity index (χ4n) is 2.73. The van der Waals surface area contributed by atoms with Crippen molar-refractivity contribution in [2.45, 2.75) is 116 Å². The summed E-state index contributed by atoms with van der Waals surface area (Å²) in [6.07, 6.45) is 13.8. The van der Waals surface area contributed by atoms with Gasteiger partial charge in [-0.05, 0) is 57.8 Å². The molecule has 3 N–H and O–H groups in total. The SMILES string of the molecule is O=C([O-])CCCCCCCO.O=C([O-])CCCCCCCO.O=C([O-])CCCCCCCO.[Bi+3]. The van der Waals surface area contributed by atoms with Crippen LogP contribution in [0.15, 0.2) is 0 Å². The Kier molecular flexibility index (Phi) is 43.6. The van der Waals surface area contributed by atoms with Gasteiger partial charge in [-0.1, -0.05) is 57.8 Å². The summed E-state index contributed by atoms with van der Waals surface area (Å²) in [5.74, 6) is -2.90. The third kappa shape index (κ3) is 52.9. The predicted molar refractivity (Wildman–Crippen MR) is 125 cm³/mol. The number of aliphatic hydroxyl groups is 3. The van der Waals surface area contributed by atoms with Crippen molar-refractivity contribution >= 4 is 44.1 Å². The standard InChI is InChI=1S/3C8H16O3.Bi/c3*9-7-5-3-1-2-4-6-8(10)11;/h3*9H,1-7H2,(H,10,11);/q;;;+3/p-3. The minimum absolute atomic E-state index is 0. The van der Waals surface area contributed by atoms with Crippen LogP contribution >= 0.6 is 0 Å². The van der Waals surface area contributed by atoms with Gasteiger partial charge >= 0.3 is 26.2 Å². The number of carbonyl (C=O) groups excluding carboxylic acids is 3. The van der Waals surface area contributed by atoms with Gasteiger partial charge < -0.3 is 45.0 Å². The van der Waals surface area contributed by atoms with Gasteiger partial charge in [-0.15, -0.1) is 0 Å². The molecule has 2 radical (unpaired) electrons. The minimum Gasteiger partial charge on any atom is -0.550 e. The molecule has 0 fully saturated rings. The zero-order valence-corrected chi connectivity index (χ0v) is 24.1. The number of aliphatic hydroxyl groups excluding tert-OH is 3. The summed E-state index contributed by atoms with van der Waals surface area (Å²) in [6, 6.07) is 0. The molecule has 9 nitrogen and oxygen atoms in total. The second-order valence-electron chi connectivity index (χ2n) is 7.84. The first-order valence-electron chi connectivity index (χ1n) is 12.2. The number of carboxylic acids is 3. The molecule has 0 saturated carbocycles.